The smallest absolute Gasteiger partial charge is 0.269 e. The van der Waals surface area contributed by atoms with E-state index >= 15 is 0 Å². The Morgan fingerprint density at radius 2 is 1.67 bits per heavy atom. The molecule has 13 heteroatoms. The van der Waals surface area contributed by atoms with Crippen LogP contribution in [0.1, 0.15) is 16.8 Å². The number of hydrogen-bond donors (Lipinski definition) is 0. The summed E-state index contributed by atoms with van der Waals surface area (Å²) >= 11 is 1.51. The van der Waals surface area contributed by atoms with Crippen molar-refractivity contribution in [3.05, 3.63) is 76.5 Å². The van der Waals surface area contributed by atoms with Crippen molar-refractivity contribution in [1.29, 1.82) is 0 Å². The number of halogens is 1. The van der Waals surface area contributed by atoms with Crippen LogP contribution in [0.3, 0.4) is 0 Å². The lowest BCUT2D eigenvalue weighted by Crippen LogP contribution is -2.25. The third kappa shape index (κ3) is 9.16. The Morgan fingerprint density at radius 3 is 2.21 bits per heavy atom. The molecule has 178 valence electrons. The van der Waals surface area contributed by atoms with Crippen molar-refractivity contribution >= 4 is 58.6 Å². The summed E-state index contributed by atoms with van der Waals surface area (Å²) < 4.78 is 41.8. The lowest BCUT2D eigenvalue weighted by atomic mass is 10.1. The number of nitrogens with zero attached hydrogens (tertiary/aromatic N) is 2. The van der Waals surface area contributed by atoms with Crippen molar-refractivity contribution in [2.75, 3.05) is 23.2 Å². The summed E-state index contributed by atoms with van der Waals surface area (Å²) in [5, 5.41) is 10.7. The largest absolute Gasteiger partial charge is 0.283 e. The van der Waals surface area contributed by atoms with Crippen molar-refractivity contribution in [3.63, 3.8) is 0 Å². The molecule has 1 heterocycles. The van der Waals surface area contributed by atoms with Crippen molar-refractivity contribution in [1.82, 2.24) is 0 Å². The number of nitro groups is 1. The fourth-order valence-electron chi connectivity index (χ4n) is 2.75. The summed E-state index contributed by atoms with van der Waals surface area (Å²) in [5.41, 5.74) is 0.929. The summed E-state index contributed by atoms with van der Waals surface area (Å²) in [6, 6.07) is 12.8. The quantitative estimate of drug-likeness (QED) is 0.322. The molecule has 1 atom stereocenters. The first-order valence-corrected chi connectivity index (χ1v) is 15.0. The van der Waals surface area contributed by atoms with Gasteiger partial charge in [-0.2, -0.15) is 0 Å². The molecular weight excluding hydrogens is 512 g/mol. The number of amides is 1. The Labute approximate surface area is 200 Å². The van der Waals surface area contributed by atoms with Crippen LogP contribution in [0.25, 0.3) is 0 Å². The molecule has 1 unspecified atom stereocenters. The van der Waals surface area contributed by atoms with Crippen LogP contribution in [0.15, 0.2) is 65.7 Å². The van der Waals surface area contributed by atoms with Gasteiger partial charge in [-0.1, -0.05) is 18.2 Å². The number of benzene rings is 2. The number of anilines is 1. The molecule has 0 saturated heterocycles. The number of para-hydroxylation sites is 1. The van der Waals surface area contributed by atoms with Gasteiger partial charge in [0.15, 0.2) is 0 Å². The fourth-order valence-corrected chi connectivity index (χ4v) is 4.73. The first-order chi connectivity index (χ1) is 15.2. The highest BCUT2D eigenvalue weighted by molar-refractivity contribution is 8.13. The monoisotopic (exact) mass is 532 g/mol. The Morgan fingerprint density at radius 1 is 1.09 bits per heavy atom. The van der Waals surface area contributed by atoms with E-state index in [2.05, 4.69) is 10.7 Å². The van der Waals surface area contributed by atoms with Gasteiger partial charge in [0, 0.05) is 51.0 Å². The number of nitro benzene ring substituents is 1. The third-order valence-corrected chi connectivity index (χ3v) is 6.44. The fraction of sp³-hybridized carbons (Fsp3) is 0.250. The van der Waals surface area contributed by atoms with Gasteiger partial charge in [0.25, 0.3) is 11.6 Å². The summed E-state index contributed by atoms with van der Waals surface area (Å²) in [6.07, 6.45) is 6.04. The number of thioether (sulfide) groups is 1. The SMILES string of the molecule is CS(=O)(=O)CCC1C=CN(C(=O)c2ccc([N+](=O)[O-])cc2)c2ccccc2S1.CS(=O)(=O)Cl. The highest BCUT2D eigenvalue weighted by Gasteiger charge is 2.24. The van der Waals surface area contributed by atoms with Gasteiger partial charge >= 0.3 is 0 Å². The molecule has 0 aromatic heterocycles. The van der Waals surface area contributed by atoms with E-state index in [4.69, 9.17) is 0 Å². The zero-order valence-electron chi connectivity index (χ0n) is 17.6. The number of sulfone groups is 1. The maximum atomic E-state index is 13.0. The van der Waals surface area contributed by atoms with Crippen molar-refractivity contribution < 1.29 is 26.6 Å². The minimum atomic E-state index is -3.19. The summed E-state index contributed by atoms with van der Waals surface area (Å²) in [5.74, 6) is -0.254. The molecule has 1 amide bonds. The predicted octanol–water partition coefficient (Wildman–Crippen LogP) is 3.85. The second kappa shape index (κ2) is 11.1. The molecule has 3 rings (SSSR count). The average Bonchev–Trinajstić information content (AvgIpc) is 2.89. The van der Waals surface area contributed by atoms with Gasteiger partial charge in [-0.25, -0.2) is 16.8 Å². The van der Waals surface area contributed by atoms with Crippen molar-refractivity contribution in [2.24, 2.45) is 0 Å². The molecule has 0 aliphatic carbocycles. The number of carbonyl (C=O) groups excluding carboxylic acids is 1. The summed E-state index contributed by atoms with van der Waals surface area (Å²) in [7, 11) is -1.77. The van der Waals surface area contributed by atoms with Gasteiger partial charge in [0.2, 0.25) is 9.05 Å². The van der Waals surface area contributed by atoms with Crippen LogP contribution in [0, 0.1) is 10.1 Å². The van der Waals surface area contributed by atoms with Crippen LogP contribution >= 0.6 is 22.4 Å². The first kappa shape index (κ1) is 26.8. The van der Waals surface area contributed by atoms with Gasteiger partial charge in [0.1, 0.15) is 9.84 Å². The zero-order valence-corrected chi connectivity index (χ0v) is 20.8. The van der Waals surface area contributed by atoms with E-state index in [1.165, 1.54) is 47.2 Å². The molecule has 0 radical (unpaired) electrons. The van der Waals surface area contributed by atoms with E-state index in [9.17, 15) is 31.7 Å². The Hall–Kier alpha value is -2.41. The summed E-state index contributed by atoms with van der Waals surface area (Å²) in [6.45, 7) is 0. The maximum Gasteiger partial charge on any atom is 0.269 e. The van der Waals surface area contributed by atoms with E-state index in [-0.39, 0.29) is 22.6 Å². The maximum absolute atomic E-state index is 13.0. The molecule has 2 aromatic carbocycles. The molecule has 2 aromatic rings. The second-order valence-electron chi connectivity index (χ2n) is 7.04. The van der Waals surface area contributed by atoms with Crippen molar-refractivity contribution in [3.8, 4) is 0 Å². The van der Waals surface area contributed by atoms with E-state index in [0.717, 1.165) is 11.2 Å². The molecule has 33 heavy (non-hydrogen) atoms. The highest BCUT2D eigenvalue weighted by Crippen LogP contribution is 2.38. The second-order valence-corrected chi connectivity index (χ2v) is 13.6. The molecule has 0 fully saturated rings. The van der Waals surface area contributed by atoms with Gasteiger partial charge in [-0.05, 0) is 30.7 Å². The lowest BCUT2D eigenvalue weighted by Gasteiger charge is -2.19. The third-order valence-electron chi connectivity index (χ3n) is 4.17. The predicted molar refractivity (Wildman–Crippen MR) is 130 cm³/mol. The molecule has 0 spiro atoms. The molecular formula is C20H21ClN2O7S3. The van der Waals surface area contributed by atoms with Crippen LogP contribution in [0.5, 0.6) is 0 Å². The van der Waals surface area contributed by atoms with E-state index in [1.807, 2.05) is 30.3 Å². The molecule has 0 N–H and O–H groups in total. The summed E-state index contributed by atoms with van der Waals surface area (Å²) in [4.78, 5) is 25.7. The molecule has 0 saturated carbocycles. The van der Waals surface area contributed by atoms with Gasteiger partial charge < -0.3 is 0 Å². The van der Waals surface area contributed by atoms with E-state index in [0.29, 0.717) is 17.7 Å². The molecule has 0 bridgehead atoms. The number of non-ortho nitro benzene ring substituents is 1. The number of fused-ring (bicyclic) bond motifs is 1. The minimum Gasteiger partial charge on any atom is -0.283 e. The Balaban J connectivity index is 0.000000696. The van der Waals surface area contributed by atoms with Crippen LogP contribution in [0.2, 0.25) is 0 Å². The molecule has 9 nitrogen and oxygen atoms in total. The van der Waals surface area contributed by atoms with Crippen LogP contribution in [-0.2, 0) is 18.9 Å². The van der Waals surface area contributed by atoms with Crippen molar-refractivity contribution in [2.45, 2.75) is 16.6 Å². The number of rotatable bonds is 5. The average molecular weight is 533 g/mol. The normalized spacial score (nSPS) is 15.6. The van der Waals surface area contributed by atoms with E-state index in [1.54, 1.807) is 6.20 Å². The standard InChI is InChI=1S/C19H18N2O5S2.CH3ClO2S/c1-28(25,26)13-11-16-10-12-20(17-4-2-3-5-18(17)27-16)19(22)14-6-8-15(9-7-14)21(23)24;1-5(2,3)4/h2-10,12,16H,11,13H2,1H3;1H3. The molecule has 1 aliphatic rings. The molecule has 1 aliphatic heterocycles. The zero-order chi connectivity index (χ0) is 24.8. The van der Waals surface area contributed by atoms with Crippen LogP contribution < -0.4 is 4.90 Å². The highest BCUT2D eigenvalue weighted by atomic mass is 35.7. The van der Waals surface area contributed by atoms with Crippen LogP contribution in [0.4, 0.5) is 11.4 Å². The van der Waals surface area contributed by atoms with E-state index < -0.39 is 23.8 Å². The Bertz CT molecular complexity index is 1250. The number of hydrogen-bond acceptors (Lipinski definition) is 8. The van der Waals surface area contributed by atoms with Gasteiger partial charge in [-0.15, -0.1) is 11.8 Å². The van der Waals surface area contributed by atoms with Crippen LogP contribution in [-0.4, -0.2) is 51.2 Å². The number of carbonyl (C=O) groups is 1. The van der Waals surface area contributed by atoms with Gasteiger partial charge in [-0.3, -0.25) is 19.8 Å². The lowest BCUT2D eigenvalue weighted by molar-refractivity contribution is -0.384. The topological polar surface area (TPSA) is 132 Å². The van der Waals surface area contributed by atoms with Gasteiger partial charge in [0.05, 0.1) is 22.6 Å². The minimum absolute atomic E-state index is 0.0630. The Kier molecular flexibility index (Phi) is 9.06. The first-order valence-electron chi connectivity index (χ1n) is 9.34.